The van der Waals surface area contributed by atoms with Crippen LogP contribution in [0.25, 0.3) is 5.69 Å². The molecule has 1 aromatic heterocycles. The van der Waals surface area contributed by atoms with Crippen LogP contribution in [0.1, 0.15) is 44.4 Å². The van der Waals surface area contributed by atoms with E-state index in [-0.39, 0.29) is 6.10 Å². The van der Waals surface area contributed by atoms with Crippen molar-refractivity contribution in [3.8, 4) is 23.1 Å². The monoisotopic (exact) mass is 437 g/mol. The number of aliphatic hydroxyl groups excluding tert-OH is 1. The molecule has 3 aromatic rings. The molecule has 0 aliphatic heterocycles. The highest BCUT2D eigenvalue weighted by Crippen LogP contribution is 2.36. The van der Waals surface area contributed by atoms with Gasteiger partial charge in [-0.2, -0.15) is 5.10 Å². The molecule has 6 nitrogen and oxygen atoms in total. The van der Waals surface area contributed by atoms with Crippen LogP contribution in [0.3, 0.4) is 0 Å². The second-order valence-corrected chi connectivity index (χ2v) is 8.05. The van der Waals surface area contributed by atoms with Crippen molar-refractivity contribution < 1.29 is 14.6 Å². The maximum Gasteiger partial charge on any atom is 0.227 e. The van der Waals surface area contributed by atoms with Gasteiger partial charge >= 0.3 is 0 Å². The summed E-state index contributed by atoms with van der Waals surface area (Å²) in [6.45, 7) is 8.44. The normalized spacial score (nSPS) is 12.2. The Kier molecular flexibility index (Phi) is 8.71. The van der Waals surface area contributed by atoms with Gasteiger partial charge in [-0.3, -0.25) is 4.90 Å². The summed E-state index contributed by atoms with van der Waals surface area (Å²) >= 11 is 0. The molecular weight excluding hydrogens is 402 g/mol. The highest BCUT2D eigenvalue weighted by Gasteiger charge is 2.23. The van der Waals surface area contributed by atoms with Crippen molar-refractivity contribution in [1.82, 2.24) is 14.7 Å². The lowest BCUT2D eigenvalue weighted by molar-refractivity contribution is 0.100. The van der Waals surface area contributed by atoms with E-state index in [1.54, 1.807) is 7.11 Å². The number of aliphatic hydroxyl groups is 1. The number of hydrogen-bond donors (Lipinski definition) is 1. The smallest absolute Gasteiger partial charge is 0.227 e. The summed E-state index contributed by atoms with van der Waals surface area (Å²) in [5.41, 5.74) is 2.85. The molecule has 1 N–H and O–H groups in total. The highest BCUT2D eigenvalue weighted by molar-refractivity contribution is 5.47. The van der Waals surface area contributed by atoms with E-state index in [0.29, 0.717) is 30.5 Å². The van der Waals surface area contributed by atoms with E-state index in [9.17, 15) is 5.11 Å². The molecule has 0 aliphatic rings. The fourth-order valence-electron chi connectivity index (χ4n) is 3.87. The van der Waals surface area contributed by atoms with Crippen LogP contribution in [0.5, 0.6) is 17.4 Å². The number of aromatic nitrogens is 2. The molecule has 0 radical (unpaired) electrons. The van der Waals surface area contributed by atoms with Crippen molar-refractivity contribution in [2.75, 3.05) is 20.2 Å². The van der Waals surface area contributed by atoms with Crippen LogP contribution in [0, 0.1) is 6.92 Å². The average Bonchev–Trinajstić information content (AvgIpc) is 3.10. The Morgan fingerprint density at radius 1 is 1.00 bits per heavy atom. The average molecular weight is 438 g/mol. The Bertz CT molecular complexity index is 972. The minimum Gasteiger partial charge on any atom is -0.493 e. The zero-order valence-corrected chi connectivity index (χ0v) is 19.6. The Hall–Kier alpha value is -2.83. The van der Waals surface area contributed by atoms with Gasteiger partial charge in [0.15, 0.2) is 11.5 Å². The molecule has 2 aromatic carbocycles. The number of hydrogen-bond acceptors (Lipinski definition) is 5. The molecule has 1 heterocycles. The van der Waals surface area contributed by atoms with Crippen molar-refractivity contribution in [2.24, 2.45) is 0 Å². The molecule has 32 heavy (non-hydrogen) atoms. The van der Waals surface area contributed by atoms with Gasteiger partial charge in [0.1, 0.15) is 0 Å². The van der Waals surface area contributed by atoms with E-state index in [2.05, 4.69) is 18.7 Å². The van der Waals surface area contributed by atoms with Crippen molar-refractivity contribution in [3.05, 3.63) is 65.9 Å². The molecule has 6 heteroatoms. The first-order valence-corrected chi connectivity index (χ1v) is 11.4. The number of nitrogens with zero attached hydrogens (tertiary/aromatic N) is 3. The minimum atomic E-state index is -0.338. The van der Waals surface area contributed by atoms with E-state index < -0.39 is 0 Å². The fourth-order valence-corrected chi connectivity index (χ4v) is 3.87. The molecular formula is C26H35N3O3. The molecule has 0 saturated heterocycles. The molecule has 0 fully saturated rings. The van der Waals surface area contributed by atoms with Crippen LogP contribution in [0.4, 0.5) is 0 Å². The summed E-state index contributed by atoms with van der Waals surface area (Å²) < 4.78 is 13.8. The zero-order valence-electron chi connectivity index (χ0n) is 19.6. The summed E-state index contributed by atoms with van der Waals surface area (Å²) in [6.07, 6.45) is 2.43. The number of benzene rings is 2. The van der Waals surface area contributed by atoms with E-state index >= 15 is 0 Å². The summed E-state index contributed by atoms with van der Waals surface area (Å²) in [5, 5.41) is 15.3. The van der Waals surface area contributed by atoms with Crippen molar-refractivity contribution in [3.63, 3.8) is 0 Å². The van der Waals surface area contributed by atoms with Crippen LogP contribution in [0.15, 0.2) is 54.6 Å². The highest BCUT2D eigenvalue weighted by atomic mass is 16.5. The van der Waals surface area contributed by atoms with Gasteiger partial charge in [0.25, 0.3) is 0 Å². The lowest BCUT2D eigenvalue weighted by Crippen LogP contribution is -2.33. The predicted octanol–water partition coefficient (Wildman–Crippen LogP) is 5.35. The van der Waals surface area contributed by atoms with E-state index in [4.69, 9.17) is 14.6 Å². The van der Waals surface area contributed by atoms with Crippen LogP contribution < -0.4 is 9.47 Å². The van der Waals surface area contributed by atoms with Crippen LogP contribution in [-0.2, 0) is 6.54 Å². The number of ether oxygens (including phenoxy) is 2. The fraction of sp³-hybridized carbons (Fsp3) is 0.423. The largest absolute Gasteiger partial charge is 0.493 e. The Labute approximate surface area is 191 Å². The third-order valence-electron chi connectivity index (χ3n) is 5.43. The van der Waals surface area contributed by atoms with Gasteiger partial charge in [-0.25, -0.2) is 4.68 Å². The molecule has 0 bridgehead atoms. The Morgan fingerprint density at radius 3 is 2.34 bits per heavy atom. The third-order valence-corrected chi connectivity index (χ3v) is 5.43. The molecule has 0 spiro atoms. The third kappa shape index (κ3) is 5.90. The van der Waals surface area contributed by atoms with Gasteiger partial charge in [-0.05, 0) is 50.6 Å². The quantitative estimate of drug-likeness (QED) is 0.414. The number of rotatable bonds is 12. The van der Waals surface area contributed by atoms with Crippen LogP contribution >= 0.6 is 0 Å². The summed E-state index contributed by atoms with van der Waals surface area (Å²) in [5.74, 6) is 1.98. The van der Waals surface area contributed by atoms with Gasteiger partial charge < -0.3 is 14.6 Å². The lowest BCUT2D eigenvalue weighted by Gasteiger charge is -2.25. The van der Waals surface area contributed by atoms with Gasteiger partial charge in [-0.1, -0.05) is 50.6 Å². The van der Waals surface area contributed by atoms with E-state index in [0.717, 1.165) is 42.8 Å². The first kappa shape index (κ1) is 23.8. The molecule has 0 unspecified atom stereocenters. The predicted molar refractivity (Wildman–Crippen MR) is 128 cm³/mol. The summed E-state index contributed by atoms with van der Waals surface area (Å²) in [4.78, 5) is 2.29. The van der Waals surface area contributed by atoms with Gasteiger partial charge in [0.2, 0.25) is 5.88 Å². The van der Waals surface area contributed by atoms with Gasteiger partial charge in [0.05, 0.1) is 30.2 Å². The topological polar surface area (TPSA) is 59.8 Å². The summed E-state index contributed by atoms with van der Waals surface area (Å²) in [6, 6.07) is 17.6. The molecule has 0 amide bonds. The Balaban J connectivity index is 2.01. The standard InChI is InChI=1S/C26H35N3O3/c1-5-12-22(30)18-28(17-6-2)19-23-20(3)27-29(21-13-8-7-9-14-21)26(23)32-25-16-11-10-15-24(25)31-4/h7-11,13-16,22,30H,5-6,12,17-19H2,1-4H3/t22-/m0/s1. The second-order valence-electron chi connectivity index (χ2n) is 8.05. The van der Waals surface area contributed by atoms with Gasteiger partial charge in [0, 0.05) is 13.1 Å². The lowest BCUT2D eigenvalue weighted by atomic mass is 10.1. The minimum absolute atomic E-state index is 0.338. The first-order valence-electron chi connectivity index (χ1n) is 11.4. The zero-order chi connectivity index (χ0) is 22.9. The van der Waals surface area contributed by atoms with Gasteiger partial charge in [-0.15, -0.1) is 0 Å². The van der Waals surface area contributed by atoms with Crippen molar-refractivity contribution in [1.29, 1.82) is 0 Å². The molecule has 0 saturated carbocycles. The molecule has 1 atom stereocenters. The number of aryl methyl sites for hydroxylation is 1. The number of para-hydroxylation sites is 3. The molecule has 3 rings (SSSR count). The second kappa shape index (κ2) is 11.7. The van der Waals surface area contributed by atoms with Crippen LogP contribution in [0.2, 0.25) is 0 Å². The first-order chi connectivity index (χ1) is 15.6. The maximum absolute atomic E-state index is 10.4. The summed E-state index contributed by atoms with van der Waals surface area (Å²) in [7, 11) is 1.64. The molecule has 172 valence electrons. The van der Waals surface area contributed by atoms with E-state index in [1.807, 2.05) is 66.2 Å². The molecule has 0 aliphatic carbocycles. The van der Waals surface area contributed by atoms with E-state index in [1.165, 1.54) is 0 Å². The Morgan fingerprint density at radius 2 is 1.69 bits per heavy atom. The van der Waals surface area contributed by atoms with Crippen molar-refractivity contribution >= 4 is 0 Å². The SMILES string of the molecule is CCC[C@H](O)CN(CCC)Cc1c(C)nn(-c2ccccc2)c1Oc1ccccc1OC. The number of methoxy groups -OCH3 is 1. The van der Waals surface area contributed by atoms with Crippen LogP contribution in [-0.4, -0.2) is 46.1 Å². The maximum atomic E-state index is 10.4. The van der Waals surface area contributed by atoms with Crippen molar-refractivity contribution in [2.45, 2.75) is 52.7 Å².